The molecule has 1 rings (SSSR count). The molecule has 3 nitrogen and oxygen atoms in total. The van der Waals surface area contributed by atoms with Crippen molar-refractivity contribution in [3.05, 3.63) is 0 Å². The summed E-state index contributed by atoms with van der Waals surface area (Å²) in [6.07, 6.45) is 5.59. The van der Waals surface area contributed by atoms with E-state index in [4.69, 9.17) is 0 Å². The summed E-state index contributed by atoms with van der Waals surface area (Å²) in [4.78, 5) is 11.1. The second kappa shape index (κ2) is 5.30. The van der Waals surface area contributed by atoms with Crippen molar-refractivity contribution in [1.82, 2.24) is 10.6 Å². The maximum absolute atomic E-state index is 11.1. The molecular weight excluding hydrogens is 172 g/mol. The molecule has 2 amide bonds. The van der Waals surface area contributed by atoms with Crippen LogP contribution in [0.3, 0.4) is 0 Å². The van der Waals surface area contributed by atoms with Gasteiger partial charge in [-0.2, -0.15) is 11.8 Å². The lowest BCUT2D eigenvalue weighted by Crippen LogP contribution is -2.45. The third kappa shape index (κ3) is 3.34. The van der Waals surface area contributed by atoms with E-state index < -0.39 is 0 Å². The second-order valence-corrected chi connectivity index (χ2v) is 4.01. The van der Waals surface area contributed by atoms with Gasteiger partial charge in [0.15, 0.2) is 0 Å². The number of carbonyl (C=O) groups is 1. The lowest BCUT2D eigenvalue weighted by atomic mass is 9.93. The van der Waals surface area contributed by atoms with E-state index in [1.807, 2.05) is 6.26 Å². The molecule has 70 valence electrons. The normalized spacial score (nSPS) is 16.8. The van der Waals surface area contributed by atoms with E-state index in [1.165, 1.54) is 6.42 Å². The number of hydrogen-bond donors (Lipinski definition) is 2. The van der Waals surface area contributed by atoms with Gasteiger partial charge in [0.25, 0.3) is 0 Å². The van der Waals surface area contributed by atoms with Crippen molar-refractivity contribution in [3.63, 3.8) is 0 Å². The van der Waals surface area contributed by atoms with Gasteiger partial charge >= 0.3 is 6.03 Å². The molecular formula is C8H16N2OS. The number of rotatable bonds is 4. The van der Waals surface area contributed by atoms with E-state index in [0.717, 1.165) is 25.1 Å². The first-order valence-electron chi connectivity index (χ1n) is 4.36. The predicted molar refractivity (Wildman–Crippen MR) is 52.6 cm³/mol. The maximum atomic E-state index is 11.1. The Morgan fingerprint density at radius 3 is 2.83 bits per heavy atom. The van der Waals surface area contributed by atoms with Crippen LogP contribution in [0.2, 0.25) is 0 Å². The summed E-state index contributed by atoms with van der Waals surface area (Å²) < 4.78 is 0. The van der Waals surface area contributed by atoms with Crippen LogP contribution in [0.25, 0.3) is 0 Å². The van der Waals surface area contributed by atoms with E-state index in [1.54, 1.807) is 11.8 Å². The van der Waals surface area contributed by atoms with Gasteiger partial charge in [-0.25, -0.2) is 4.79 Å². The molecule has 0 atom stereocenters. The summed E-state index contributed by atoms with van der Waals surface area (Å²) in [5, 5.41) is 5.73. The molecule has 0 saturated heterocycles. The van der Waals surface area contributed by atoms with Crippen LogP contribution in [0.1, 0.15) is 19.3 Å². The SMILES string of the molecule is CSCCNC(=O)NC1CCC1. The first-order valence-corrected chi connectivity index (χ1v) is 5.75. The average Bonchev–Trinajstić information content (AvgIpc) is 1.98. The molecule has 0 bridgehead atoms. The zero-order valence-corrected chi connectivity index (χ0v) is 8.25. The van der Waals surface area contributed by atoms with Gasteiger partial charge in [-0.1, -0.05) is 0 Å². The number of carbonyl (C=O) groups excluding carboxylic acids is 1. The highest BCUT2D eigenvalue weighted by Crippen LogP contribution is 2.17. The molecule has 1 aliphatic rings. The Hall–Kier alpha value is -0.380. The fourth-order valence-corrected chi connectivity index (χ4v) is 1.36. The van der Waals surface area contributed by atoms with Gasteiger partial charge in [-0.15, -0.1) is 0 Å². The van der Waals surface area contributed by atoms with E-state index in [0.29, 0.717) is 6.04 Å². The van der Waals surface area contributed by atoms with Crippen LogP contribution in [0.5, 0.6) is 0 Å². The Bertz CT molecular complexity index is 148. The quantitative estimate of drug-likeness (QED) is 0.651. The van der Waals surface area contributed by atoms with Crippen molar-refractivity contribution in [3.8, 4) is 0 Å². The third-order valence-electron chi connectivity index (χ3n) is 2.03. The number of urea groups is 1. The molecule has 0 aromatic carbocycles. The Balaban J connectivity index is 1.95. The zero-order chi connectivity index (χ0) is 8.81. The van der Waals surface area contributed by atoms with Crippen molar-refractivity contribution in [2.24, 2.45) is 0 Å². The van der Waals surface area contributed by atoms with Crippen LogP contribution in [0.4, 0.5) is 4.79 Å². The fourth-order valence-electron chi connectivity index (χ4n) is 1.06. The molecule has 1 saturated carbocycles. The predicted octanol–water partition coefficient (Wildman–Crippen LogP) is 1.20. The van der Waals surface area contributed by atoms with Gasteiger partial charge in [0.05, 0.1) is 0 Å². The van der Waals surface area contributed by atoms with Crippen LogP contribution < -0.4 is 10.6 Å². The van der Waals surface area contributed by atoms with Gasteiger partial charge in [0, 0.05) is 18.3 Å². The molecule has 1 aliphatic carbocycles. The molecule has 2 N–H and O–H groups in total. The molecule has 0 unspecified atom stereocenters. The minimum atomic E-state index is -0.00579. The number of thioether (sulfide) groups is 1. The van der Waals surface area contributed by atoms with Crippen LogP contribution in [-0.2, 0) is 0 Å². The lowest BCUT2D eigenvalue weighted by molar-refractivity contribution is 0.229. The van der Waals surface area contributed by atoms with Gasteiger partial charge in [-0.05, 0) is 25.5 Å². The standard InChI is InChI=1S/C8H16N2OS/c1-12-6-5-9-8(11)10-7-3-2-4-7/h7H,2-6H2,1H3,(H2,9,10,11). The highest BCUT2D eigenvalue weighted by atomic mass is 32.2. The highest BCUT2D eigenvalue weighted by molar-refractivity contribution is 7.98. The Morgan fingerprint density at radius 2 is 2.33 bits per heavy atom. The van der Waals surface area contributed by atoms with Gasteiger partial charge in [0.1, 0.15) is 0 Å². The Kier molecular flexibility index (Phi) is 4.29. The summed E-state index contributed by atoms with van der Waals surface area (Å²) in [6, 6.07) is 0.438. The first kappa shape index (κ1) is 9.71. The zero-order valence-electron chi connectivity index (χ0n) is 7.43. The molecule has 0 aliphatic heterocycles. The molecule has 0 radical (unpaired) electrons. The average molecular weight is 188 g/mol. The first-order chi connectivity index (χ1) is 5.83. The van der Waals surface area contributed by atoms with Crippen LogP contribution >= 0.6 is 11.8 Å². The monoisotopic (exact) mass is 188 g/mol. The lowest BCUT2D eigenvalue weighted by Gasteiger charge is -2.26. The van der Waals surface area contributed by atoms with Crippen molar-refractivity contribution in [2.45, 2.75) is 25.3 Å². The summed E-state index contributed by atoms with van der Waals surface area (Å²) >= 11 is 1.74. The van der Waals surface area contributed by atoms with E-state index in [-0.39, 0.29) is 6.03 Å². The third-order valence-corrected chi connectivity index (χ3v) is 2.64. The molecule has 12 heavy (non-hydrogen) atoms. The smallest absolute Gasteiger partial charge is 0.315 e. The largest absolute Gasteiger partial charge is 0.337 e. The minimum Gasteiger partial charge on any atom is -0.337 e. The molecule has 1 fully saturated rings. The van der Waals surface area contributed by atoms with Crippen molar-refractivity contribution in [1.29, 1.82) is 0 Å². The van der Waals surface area contributed by atoms with Gasteiger partial charge in [-0.3, -0.25) is 0 Å². The Morgan fingerprint density at radius 1 is 1.58 bits per heavy atom. The second-order valence-electron chi connectivity index (χ2n) is 3.02. The molecule has 0 aromatic rings. The number of hydrogen-bond acceptors (Lipinski definition) is 2. The van der Waals surface area contributed by atoms with Gasteiger partial charge in [0.2, 0.25) is 0 Å². The number of nitrogens with one attached hydrogen (secondary N) is 2. The minimum absolute atomic E-state index is 0.00579. The van der Waals surface area contributed by atoms with Crippen LogP contribution in [0.15, 0.2) is 0 Å². The fraction of sp³-hybridized carbons (Fsp3) is 0.875. The maximum Gasteiger partial charge on any atom is 0.315 e. The summed E-state index contributed by atoms with van der Waals surface area (Å²) in [7, 11) is 0. The summed E-state index contributed by atoms with van der Waals surface area (Å²) in [5.74, 6) is 0.984. The van der Waals surface area contributed by atoms with Crippen molar-refractivity contribution >= 4 is 17.8 Å². The molecule has 0 heterocycles. The topological polar surface area (TPSA) is 41.1 Å². The van der Waals surface area contributed by atoms with Crippen molar-refractivity contribution < 1.29 is 4.79 Å². The number of amides is 2. The Labute approximate surface area is 77.7 Å². The van der Waals surface area contributed by atoms with Gasteiger partial charge < -0.3 is 10.6 Å². The van der Waals surface area contributed by atoms with E-state index >= 15 is 0 Å². The molecule has 0 aromatic heterocycles. The highest BCUT2D eigenvalue weighted by Gasteiger charge is 2.18. The van der Waals surface area contributed by atoms with E-state index in [9.17, 15) is 4.79 Å². The van der Waals surface area contributed by atoms with Crippen LogP contribution in [-0.4, -0.2) is 30.6 Å². The summed E-state index contributed by atoms with van der Waals surface area (Å²) in [6.45, 7) is 0.764. The van der Waals surface area contributed by atoms with E-state index in [2.05, 4.69) is 10.6 Å². The van der Waals surface area contributed by atoms with Crippen LogP contribution in [0, 0.1) is 0 Å². The van der Waals surface area contributed by atoms with Crippen molar-refractivity contribution in [2.75, 3.05) is 18.6 Å². The molecule has 0 spiro atoms. The molecule has 4 heteroatoms. The summed E-state index contributed by atoms with van der Waals surface area (Å²) in [5.41, 5.74) is 0.